The number of allylic oxidation sites excluding steroid dienone is 4. The van der Waals surface area contributed by atoms with E-state index in [2.05, 4.69) is 43.8 Å². The molecule has 4 N–H and O–H groups in total. The smallest absolute Gasteiger partial charge is 0.251 e. The number of aromatic nitrogens is 2. The second-order valence-electron chi connectivity index (χ2n) is 12.9. The van der Waals surface area contributed by atoms with Crippen molar-refractivity contribution in [1.29, 1.82) is 0 Å². The number of hydrogen-bond acceptors (Lipinski definition) is 10. The van der Waals surface area contributed by atoms with Crippen molar-refractivity contribution in [3.05, 3.63) is 82.6 Å². The van der Waals surface area contributed by atoms with E-state index in [4.69, 9.17) is 14.1 Å². The molecule has 7 rings (SSSR count). The molecule has 2 atom stereocenters. The van der Waals surface area contributed by atoms with Crippen LogP contribution in [0.5, 0.6) is 5.75 Å². The van der Waals surface area contributed by atoms with Crippen molar-refractivity contribution in [2.45, 2.75) is 63.9 Å². The van der Waals surface area contributed by atoms with Gasteiger partial charge < -0.3 is 40.0 Å². The highest BCUT2D eigenvalue weighted by Gasteiger charge is 2.27. The number of oxazole rings is 1. The van der Waals surface area contributed by atoms with E-state index in [0.717, 1.165) is 78.8 Å². The van der Waals surface area contributed by atoms with E-state index >= 15 is 0 Å². The number of nitrogens with zero attached hydrogens (tertiary/aromatic N) is 4. The summed E-state index contributed by atoms with van der Waals surface area (Å²) in [6, 6.07) is 9.98. The zero-order valence-corrected chi connectivity index (χ0v) is 26.6. The Morgan fingerprint density at radius 3 is 2.72 bits per heavy atom. The van der Waals surface area contributed by atoms with Gasteiger partial charge in [-0.25, -0.2) is 9.97 Å². The lowest BCUT2D eigenvalue weighted by Gasteiger charge is -2.34. The molecule has 0 unspecified atom stereocenters. The van der Waals surface area contributed by atoms with E-state index in [1.165, 1.54) is 6.42 Å². The highest BCUT2D eigenvalue weighted by Crippen LogP contribution is 2.28. The number of piperazine rings is 1. The Morgan fingerprint density at radius 2 is 1.98 bits per heavy atom. The van der Waals surface area contributed by atoms with Crippen LogP contribution in [0.15, 0.2) is 53.0 Å². The number of nitrogens with one attached hydrogen (secondary N) is 3. The van der Waals surface area contributed by atoms with Gasteiger partial charge in [-0.15, -0.1) is 0 Å². The summed E-state index contributed by atoms with van der Waals surface area (Å²) in [4.78, 5) is 27.3. The molecule has 242 valence electrons. The molecule has 2 aromatic heterocycles. The third-order valence-electron chi connectivity index (χ3n) is 9.53. The number of aryl methyl sites for hydroxylation is 1. The van der Waals surface area contributed by atoms with Gasteiger partial charge in [0.15, 0.2) is 5.76 Å². The minimum Gasteiger partial charge on any atom is -0.486 e. The molecule has 1 aromatic carbocycles. The van der Waals surface area contributed by atoms with Crippen molar-refractivity contribution in [2.75, 3.05) is 50.0 Å². The van der Waals surface area contributed by atoms with Gasteiger partial charge in [0.25, 0.3) is 5.91 Å². The fraction of sp³-hybridized carbons (Fsp3) is 0.457. The molecule has 11 nitrogen and oxygen atoms in total. The molecule has 0 radical (unpaired) electrons. The van der Waals surface area contributed by atoms with Crippen molar-refractivity contribution in [3.8, 4) is 5.75 Å². The van der Waals surface area contributed by atoms with Crippen molar-refractivity contribution >= 4 is 23.1 Å². The highest BCUT2D eigenvalue weighted by atomic mass is 16.5. The van der Waals surface area contributed by atoms with E-state index in [9.17, 15) is 9.90 Å². The number of rotatable bonds is 11. The Balaban J connectivity index is 0.940. The van der Waals surface area contributed by atoms with Crippen LogP contribution in [0.2, 0.25) is 0 Å². The lowest BCUT2D eigenvalue weighted by atomic mass is 9.92. The number of likely N-dealkylation sites (N-methyl/N-ethyl adjacent to an activating group) is 1. The Labute approximate surface area is 269 Å². The van der Waals surface area contributed by atoms with Gasteiger partial charge in [-0.2, -0.15) is 0 Å². The summed E-state index contributed by atoms with van der Waals surface area (Å²) in [7, 11) is 2.12. The first kappa shape index (κ1) is 30.5. The Bertz CT molecular complexity index is 1640. The minimum absolute atomic E-state index is 0.149. The van der Waals surface area contributed by atoms with Crippen molar-refractivity contribution in [1.82, 2.24) is 25.5 Å². The molecule has 3 aromatic rings. The average molecular weight is 626 g/mol. The number of anilines is 2. The van der Waals surface area contributed by atoms with Gasteiger partial charge >= 0.3 is 0 Å². The minimum atomic E-state index is -0.746. The number of ether oxygens (including phenoxy) is 1. The van der Waals surface area contributed by atoms with E-state index in [0.29, 0.717) is 42.8 Å². The van der Waals surface area contributed by atoms with Crippen LogP contribution in [0.1, 0.15) is 58.1 Å². The number of hydrogen-bond donors (Lipinski definition) is 4. The van der Waals surface area contributed by atoms with E-state index < -0.39 is 6.10 Å². The van der Waals surface area contributed by atoms with Gasteiger partial charge in [0.1, 0.15) is 24.0 Å². The molecule has 0 spiro atoms. The monoisotopic (exact) mass is 625 g/mol. The van der Waals surface area contributed by atoms with Gasteiger partial charge in [0, 0.05) is 62.5 Å². The molecule has 1 saturated heterocycles. The van der Waals surface area contributed by atoms with Gasteiger partial charge in [0.2, 0.25) is 5.89 Å². The Kier molecular flexibility index (Phi) is 8.79. The first-order chi connectivity index (χ1) is 22.4. The van der Waals surface area contributed by atoms with Gasteiger partial charge in [-0.1, -0.05) is 12.1 Å². The molecule has 11 heteroatoms. The highest BCUT2D eigenvalue weighted by molar-refractivity contribution is 5.95. The fourth-order valence-electron chi connectivity index (χ4n) is 6.17. The maximum absolute atomic E-state index is 13.4. The van der Waals surface area contributed by atoms with Crippen LogP contribution < -0.4 is 25.6 Å². The van der Waals surface area contributed by atoms with Crippen molar-refractivity contribution in [2.24, 2.45) is 0 Å². The first-order valence-electron chi connectivity index (χ1n) is 16.4. The summed E-state index contributed by atoms with van der Waals surface area (Å²) >= 11 is 0. The zero-order valence-electron chi connectivity index (χ0n) is 26.6. The van der Waals surface area contributed by atoms with Crippen molar-refractivity contribution < 1.29 is 19.1 Å². The number of carbonyl (C=O) groups excluding carboxylic acids is 1. The topological polar surface area (TPSA) is 128 Å². The van der Waals surface area contributed by atoms with Gasteiger partial charge in [0.05, 0.1) is 11.8 Å². The standard InChI is InChI=1S/C35H43N7O4/c1-22-31(46-35(38-22)23-5-3-6-23)21-45-28-10-9-24-16-29(36-19-26(24)15-28)30(43)20-37-34(44)25-17-32(39-27-7-4-8-27)40-33(18-25)42-13-11-41(2)12-14-42/h3,5-6,9-10,15,17-18,27,29-30,36,43H,4,7-8,11-14,16,19-21H2,1-2H3,(H,37,44)(H,39,40)/t29-,30+/m0/s1. The van der Waals surface area contributed by atoms with Crippen LogP contribution in [0.25, 0.3) is 5.57 Å². The molecule has 2 fully saturated rings. The number of aliphatic hydroxyl groups excluding tert-OH is 1. The summed E-state index contributed by atoms with van der Waals surface area (Å²) in [6.45, 7) is 6.64. The molecule has 1 saturated carbocycles. The molecular weight excluding hydrogens is 582 g/mol. The van der Waals surface area contributed by atoms with E-state index in [1.807, 2.05) is 49.4 Å². The molecule has 2 aliphatic heterocycles. The van der Waals surface area contributed by atoms with Gasteiger partial charge in [-0.05, 0) is 87.2 Å². The SMILES string of the molecule is Cc1nc(C2=CC=C2)oc1COc1ccc2c(c1)CN[C@H]([C@H](O)CNC(=O)c1cc(NC3CCC3)nc(N3CCN(C)CC3)c1)C2. The molecule has 46 heavy (non-hydrogen) atoms. The number of aliphatic hydroxyl groups is 1. The number of carbonyl (C=O) groups is 1. The predicted octanol–water partition coefficient (Wildman–Crippen LogP) is 3.43. The van der Waals surface area contributed by atoms with Crippen LogP contribution in [0.4, 0.5) is 11.6 Å². The quantitative estimate of drug-likeness (QED) is 0.252. The van der Waals surface area contributed by atoms with E-state index in [1.54, 1.807) is 0 Å². The van der Waals surface area contributed by atoms with Crippen LogP contribution in [0, 0.1) is 6.92 Å². The number of amides is 1. The van der Waals surface area contributed by atoms with Crippen molar-refractivity contribution in [3.63, 3.8) is 0 Å². The Morgan fingerprint density at radius 1 is 1.15 bits per heavy atom. The lowest BCUT2D eigenvalue weighted by molar-refractivity contribution is 0.0870. The second kappa shape index (κ2) is 13.3. The summed E-state index contributed by atoms with van der Waals surface area (Å²) in [6.07, 6.45) is 9.28. The summed E-state index contributed by atoms with van der Waals surface area (Å²) in [5.41, 5.74) is 4.65. The molecule has 2 aliphatic carbocycles. The zero-order chi connectivity index (χ0) is 31.6. The maximum atomic E-state index is 13.4. The van der Waals surface area contributed by atoms with Crippen LogP contribution in [-0.2, 0) is 19.6 Å². The molecule has 1 amide bonds. The average Bonchev–Trinajstić information content (AvgIpc) is 3.38. The molecular formula is C35H43N7O4. The fourth-order valence-corrected chi connectivity index (χ4v) is 6.17. The summed E-state index contributed by atoms with van der Waals surface area (Å²) in [5, 5.41) is 21.0. The number of fused-ring (bicyclic) bond motifs is 1. The Hall–Kier alpha value is -4.19. The number of pyridine rings is 1. The predicted molar refractivity (Wildman–Crippen MR) is 177 cm³/mol. The third-order valence-corrected chi connectivity index (χ3v) is 9.53. The van der Waals surface area contributed by atoms with Crippen LogP contribution in [0.3, 0.4) is 0 Å². The van der Waals surface area contributed by atoms with Crippen LogP contribution >= 0.6 is 0 Å². The molecule has 0 bridgehead atoms. The third kappa shape index (κ3) is 6.81. The first-order valence-corrected chi connectivity index (χ1v) is 16.4. The second-order valence-corrected chi connectivity index (χ2v) is 12.9. The summed E-state index contributed by atoms with van der Waals surface area (Å²) in [5.74, 6) is 3.45. The number of benzene rings is 1. The molecule has 4 aliphatic rings. The largest absolute Gasteiger partial charge is 0.486 e. The lowest BCUT2D eigenvalue weighted by Crippen LogP contribution is -2.49. The van der Waals surface area contributed by atoms with Crippen LogP contribution in [-0.4, -0.2) is 83.8 Å². The van der Waals surface area contributed by atoms with Gasteiger partial charge in [-0.3, -0.25) is 4.79 Å². The maximum Gasteiger partial charge on any atom is 0.251 e. The summed E-state index contributed by atoms with van der Waals surface area (Å²) < 4.78 is 11.9. The molecule has 4 heterocycles. The van der Waals surface area contributed by atoms with E-state index in [-0.39, 0.29) is 18.5 Å². The normalized spacial score (nSPS) is 20.3.